The van der Waals surface area contributed by atoms with E-state index in [0.717, 1.165) is 50.5 Å². The van der Waals surface area contributed by atoms with Gasteiger partial charge in [0.2, 0.25) is 0 Å². The maximum atomic E-state index is 9.70. The van der Waals surface area contributed by atoms with Crippen LogP contribution < -0.4 is 0 Å². The van der Waals surface area contributed by atoms with Gasteiger partial charge < -0.3 is 14.4 Å². The molecule has 94 valence electrons. The molecule has 2 atom stereocenters. The summed E-state index contributed by atoms with van der Waals surface area (Å²) in [7, 11) is 0. The number of aliphatic hydroxyl groups is 1. The molecular formula is C12H19N3O2. The molecule has 1 fully saturated rings. The highest BCUT2D eigenvalue weighted by molar-refractivity contribution is 5.01. The van der Waals surface area contributed by atoms with Gasteiger partial charge in [-0.15, -0.1) is 10.2 Å². The third-order valence-corrected chi connectivity index (χ3v) is 3.72. The third kappa shape index (κ3) is 2.35. The zero-order chi connectivity index (χ0) is 11.7. The highest BCUT2D eigenvalue weighted by Crippen LogP contribution is 2.21. The van der Waals surface area contributed by atoms with Crippen molar-refractivity contribution < 1.29 is 9.84 Å². The molecule has 0 amide bonds. The zero-order valence-electron chi connectivity index (χ0n) is 10.0. The number of nitrogens with zero attached hydrogens (tertiary/aromatic N) is 3. The maximum absolute atomic E-state index is 9.70. The molecule has 2 aliphatic rings. The fourth-order valence-electron chi connectivity index (χ4n) is 2.74. The Hall–Kier alpha value is -0.940. The molecular weight excluding hydrogens is 218 g/mol. The predicted octanol–water partition coefficient (Wildman–Crippen LogP) is 0.554. The van der Waals surface area contributed by atoms with Gasteiger partial charge in [-0.2, -0.15) is 0 Å². The van der Waals surface area contributed by atoms with Crippen molar-refractivity contribution in [1.29, 1.82) is 0 Å². The van der Waals surface area contributed by atoms with E-state index in [9.17, 15) is 5.11 Å². The van der Waals surface area contributed by atoms with E-state index in [4.69, 9.17) is 4.74 Å². The number of rotatable bonds is 2. The van der Waals surface area contributed by atoms with Gasteiger partial charge >= 0.3 is 0 Å². The van der Waals surface area contributed by atoms with E-state index in [1.54, 1.807) is 0 Å². The summed E-state index contributed by atoms with van der Waals surface area (Å²) in [5.41, 5.74) is 0. The van der Waals surface area contributed by atoms with Crippen molar-refractivity contribution in [1.82, 2.24) is 14.8 Å². The second-order valence-electron chi connectivity index (χ2n) is 5.12. The molecule has 0 spiro atoms. The molecule has 0 aliphatic carbocycles. The van der Waals surface area contributed by atoms with Crippen LogP contribution in [0.4, 0.5) is 0 Å². The Balaban J connectivity index is 1.72. The van der Waals surface area contributed by atoms with Crippen LogP contribution in [0.25, 0.3) is 0 Å². The topological polar surface area (TPSA) is 60.2 Å². The Morgan fingerprint density at radius 2 is 2.29 bits per heavy atom. The zero-order valence-corrected chi connectivity index (χ0v) is 10.0. The molecule has 1 aromatic heterocycles. The van der Waals surface area contributed by atoms with Crippen molar-refractivity contribution in [3.8, 4) is 0 Å². The highest BCUT2D eigenvalue weighted by Gasteiger charge is 2.23. The summed E-state index contributed by atoms with van der Waals surface area (Å²) in [5, 5.41) is 18.2. The minimum absolute atomic E-state index is 0.236. The van der Waals surface area contributed by atoms with Crippen molar-refractivity contribution in [3.05, 3.63) is 11.6 Å². The van der Waals surface area contributed by atoms with E-state index in [-0.39, 0.29) is 6.10 Å². The molecule has 1 saturated heterocycles. The average molecular weight is 237 g/mol. The standard InChI is InChI=1S/C12H19N3O2/c16-10-3-4-11-13-14-12(15(11)7-10)6-9-2-1-5-17-8-9/h9-10,16H,1-8H2. The van der Waals surface area contributed by atoms with Gasteiger partial charge in [0, 0.05) is 26.1 Å². The molecule has 0 saturated carbocycles. The molecule has 17 heavy (non-hydrogen) atoms. The van der Waals surface area contributed by atoms with Crippen LogP contribution in [-0.2, 0) is 24.1 Å². The first-order valence-electron chi connectivity index (χ1n) is 6.49. The first kappa shape index (κ1) is 11.2. The van der Waals surface area contributed by atoms with E-state index in [1.165, 1.54) is 6.42 Å². The molecule has 5 heteroatoms. The Kier molecular flexibility index (Phi) is 3.11. The van der Waals surface area contributed by atoms with Crippen LogP contribution >= 0.6 is 0 Å². The van der Waals surface area contributed by atoms with Gasteiger partial charge in [0.15, 0.2) is 0 Å². The number of aromatic nitrogens is 3. The van der Waals surface area contributed by atoms with E-state index in [2.05, 4.69) is 14.8 Å². The quantitative estimate of drug-likeness (QED) is 0.816. The Bertz CT molecular complexity index is 385. The van der Waals surface area contributed by atoms with E-state index < -0.39 is 0 Å². The number of aliphatic hydroxyl groups excluding tert-OH is 1. The number of ether oxygens (including phenoxy) is 1. The third-order valence-electron chi connectivity index (χ3n) is 3.72. The lowest BCUT2D eigenvalue weighted by molar-refractivity contribution is 0.0534. The lowest BCUT2D eigenvalue weighted by Crippen LogP contribution is -2.27. The van der Waals surface area contributed by atoms with Gasteiger partial charge in [0.1, 0.15) is 11.6 Å². The average Bonchev–Trinajstić information content (AvgIpc) is 2.73. The maximum Gasteiger partial charge on any atom is 0.133 e. The molecule has 3 heterocycles. The second kappa shape index (κ2) is 4.74. The Morgan fingerprint density at radius 1 is 1.35 bits per heavy atom. The monoisotopic (exact) mass is 237 g/mol. The smallest absolute Gasteiger partial charge is 0.133 e. The lowest BCUT2D eigenvalue weighted by atomic mass is 9.98. The summed E-state index contributed by atoms with van der Waals surface area (Å²) >= 11 is 0. The lowest BCUT2D eigenvalue weighted by Gasteiger charge is -2.24. The summed E-state index contributed by atoms with van der Waals surface area (Å²) in [6.07, 6.45) is 4.71. The Labute approximate surface area is 101 Å². The van der Waals surface area contributed by atoms with Crippen molar-refractivity contribution in [2.45, 2.75) is 44.8 Å². The SMILES string of the molecule is OC1CCc2nnc(CC3CCCOC3)n2C1. The molecule has 0 bridgehead atoms. The van der Waals surface area contributed by atoms with Gasteiger partial charge in [0.25, 0.3) is 0 Å². The first-order valence-corrected chi connectivity index (χ1v) is 6.49. The van der Waals surface area contributed by atoms with E-state index >= 15 is 0 Å². The molecule has 2 aliphatic heterocycles. The summed E-state index contributed by atoms with van der Waals surface area (Å²) < 4.78 is 7.59. The molecule has 3 rings (SSSR count). The van der Waals surface area contributed by atoms with Gasteiger partial charge in [-0.05, 0) is 25.2 Å². The number of hydrogen-bond donors (Lipinski definition) is 1. The van der Waals surface area contributed by atoms with Crippen molar-refractivity contribution in [3.63, 3.8) is 0 Å². The van der Waals surface area contributed by atoms with Gasteiger partial charge in [-0.3, -0.25) is 0 Å². The fraction of sp³-hybridized carbons (Fsp3) is 0.833. The minimum Gasteiger partial charge on any atom is -0.391 e. The normalized spacial score (nSPS) is 29.0. The van der Waals surface area contributed by atoms with Crippen molar-refractivity contribution in [2.75, 3.05) is 13.2 Å². The Morgan fingerprint density at radius 3 is 3.12 bits per heavy atom. The van der Waals surface area contributed by atoms with E-state index in [0.29, 0.717) is 12.5 Å². The summed E-state index contributed by atoms with van der Waals surface area (Å²) in [5.74, 6) is 2.62. The van der Waals surface area contributed by atoms with Crippen molar-refractivity contribution in [2.24, 2.45) is 5.92 Å². The van der Waals surface area contributed by atoms with Crippen LogP contribution in [0.3, 0.4) is 0 Å². The van der Waals surface area contributed by atoms with Gasteiger partial charge in [-0.1, -0.05) is 0 Å². The van der Waals surface area contributed by atoms with Gasteiger partial charge in [0.05, 0.1) is 12.6 Å². The number of aryl methyl sites for hydroxylation is 1. The molecule has 0 radical (unpaired) electrons. The van der Waals surface area contributed by atoms with Crippen molar-refractivity contribution >= 4 is 0 Å². The predicted molar refractivity (Wildman–Crippen MR) is 61.6 cm³/mol. The summed E-state index contributed by atoms with van der Waals surface area (Å²) in [6, 6.07) is 0. The van der Waals surface area contributed by atoms with Crippen LogP contribution in [0.1, 0.15) is 30.9 Å². The van der Waals surface area contributed by atoms with Crippen LogP contribution in [0.2, 0.25) is 0 Å². The number of hydrogen-bond acceptors (Lipinski definition) is 4. The van der Waals surface area contributed by atoms with Gasteiger partial charge in [-0.25, -0.2) is 0 Å². The minimum atomic E-state index is -0.236. The molecule has 1 aromatic rings. The van der Waals surface area contributed by atoms with Crippen LogP contribution in [-0.4, -0.2) is 39.2 Å². The molecule has 5 nitrogen and oxygen atoms in total. The second-order valence-corrected chi connectivity index (χ2v) is 5.12. The summed E-state index contributed by atoms with van der Waals surface area (Å²) in [4.78, 5) is 0. The molecule has 0 aromatic carbocycles. The molecule has 1 N–H and O–H groups in total. The highest BCUT2D eigenvalue weighted by atomic mass is 16.5. The van der Waals surface area contributed by atoms with Crippen LogP contribution in [0.5, 0.6) is 0 Å². The summed E-state index contributed by atoms with van der Waals surface area (Å²) in [6.45, 7) is 2.39. The van der Waals surface area contributed by atoms with Crippen LogP contribution in [0, 0.1) is 5.92 Å². The molecule has 2 unspecified atom stereocenters. The van der Waals surface area contributed by atoms with Crippen LogP contribution in [0.15, 0.2) is 0 Å². The first-order chi connectivity index (χ1) is 8.33. The fourth-order valence-corrected chi connectivity index (χ4v) is 2.74. The number of fused-ring (bicyclic) bond motifs is 1. The van der Waals surface area contributed by atoms with E-state index in [1.807, 2.05) is 0 Å². The largest absolute Gasteiger partial charge is 0.391 e.